The van der Waals surface area contributed by atoms with E-state index in [-0.39, 0.29) is 16.4 Å². The van der Waals surface area contributed by atoms with E-state index in [2.05, 4.69) is 4.98 Å². The summed E-state index contributed by atoms with van der Waals surface area (Å²) in [6.45, 7) is 0. The molecule has 0 fully saturated rings. The van der Waals surface area contributed by atoms with E-state index in [1.165, 1.54) is 18.2 Å². The molecule has 3 aromatic rings. The maximum absolute atomic E-state index is 13.8. The summed E-state index contributed by atoms with van der Waals surface area (Å²) in [5.74, 6) is -0.433. The molecule has 2 nitrogen and oxygen atoms in total. The lowest BCUT2D eigenvalue weighted by Crippen LogP contribution is -2.00. The van der Waals surface area contributed by atoms with Crippen LogP contribution in [0.4, 0.5) is 8.78 Å². The number of hydrogen-bond donors (Lipinski definition) is 0. The molecule has 3 rings (SSSR count). The molecule has 0 aliphatic rings. The quantitative estimate of drug-likeness (QED) is 0.627. The highest BCUT2D eigenvalue weighted by atomic mass is 35.5. The molecule has 0 saturated heterocycles. The van der Waals surface area contributed by atoms with Crippen LogP contribution in [0.3, 0.4) is 0 Å². The molecule has 0 atom stereocenters. The Hall–Kier alpha value is -1.65. The van der Waals surface area contributed by atoms with Crippen molar-refractivity contribution in [3.8, 4) is 5.69 Å². The third-order valence-corrected chi connectivity index (χ3v) is 3.39. The van der Waals surface area contributed by atoms with Crippen LogP contribution < -0.4 is 0 Å². The molecule has 1 heterocycles. The summed E-state index contributed by atoms with van der Waals surface area (Å²) >= 11 is 11.7. The Morgan fingerprint density at radius 1 is 1.15 bits per heavy atom. The minimum absolute atomic E-state index is 0.0717. The number of para-hydroxylation sites is 1. The van der Waals surface area contributed by atoms with Crippen LogP contribution >= 0.6 is 23.2 Å². The predicted octanol–water partition coefficient (Wildman–Crippen LogP) is 4.70. The number of hydrogen-bond acceptors (Lipinski definition) is 1. The van der Waals surface area contributed by atoms with Crippen molar-refractivity contribution < 1.29 is 8.78 Å². The average molecular weight is 313 g/mol. The highest BCUT2D eigenvalue weighted by Crippen LogP contribution is 2.26. The van der Waals surface area contributed by atoms with Gasteiger partial charge in [-0.2, -0.15) is 0 Å². The van der Waals surface area contributed by atoms with Gasteiger partial charge in [-0.05, 0) is 30.3 Å². The van der Waals surface area contributed by atoms with E-state index in [1.807, 2.05) is 0 Å². The highest BCUT2D eigenvalue weighted by molar-refractivity contribution is 6.30. The zero-order valence-corrected chi connectivity index (χ0v) is 11.6. The van der Waals surface area contributed by atoms with Gasteiger partial charge in [-0.1, -0.05) is 17.7 Å². The van der Waals surface area contributed by atoms with Crippen molar-refractivity contribution in [3.05, 3.63) is 58.9 Å². The van der Waals surface area contributed by atoms with Crippen molar-refractivity contribution in [1.82, 2.24) is 9.55 Å². The minimum Gasteiger partial charge on any atom is -0.295 e. The summed E-state index contributed by atoms with van der Waals surface area (Å²) in [7, 11) is 0. The van der Waals surface area contributed by atoms with Gasteiger partial charge in [-0.3, -0.25) is 4.57 Å². The van der Waals surface area contributed by atoms with Crippen LogP contribution in [0, 0.1) is 11.6 Å². The number of halogens is 4. The molecule has 0 unspecified atom stereocenters. The summed E-state index contributed by atoms with van der Waals surface area (Å²) in [5, 5.41) is 0.249. The Balaban J connectivity index is 2.37. The van der Waals surface area contributed by atoms with Crippen LogP contribution in [-0.2, 0) is 5.88 Å². The van der Waals surface area contributed by atoms with Gasteiger partial charge in [0.15, 0.2) is 5.82 Å². The first-order valence-electron chi connectivity index (χ1n) is 5.78. The number of rotatable bonds is 2. The Labute approximate surface area is 123 Å². The summed E-state index contributed by atoms with van der Waals surface area (Å²) in [6, 6.07) is 8.65. The SMILES string of the molecule is Fc1cc(Cl)cc(-n2c(CCl)nc3c(F)cccc32)c1. The molecular weight excluding hydrogens is 305 g/mol. The minimum atomic E-state index is -0.480. The molecule has 6 heteroatoms. The first-order chi connectivity index (χ1) is 9.60. The number of alkyl halides is 1. The number of benzene rings is 2. The standard InChI is InChI=1S/C14H8Cl2F2N2/c15-7-13-19-14-11(18)2-1-3-12(14)20(13)10-5-8(16)4-9(17)6-10/h1-6H,7H2. The fourth-order valence-corrected chi connectivity index (χ4v) is 2.55. The van der Waals surface area contributed by atoms with Gasteiger partial charge in [-0.15, -0.1) is 11.6 Å². The molecule has 0 radical (unpaired) electrons. The largest absolute Gasteiger partial charge is 0.295 e. The third kappa shape index (κ3) is 2.15. The summed E-state index contributed by atoms with van der Waals surface area (Å²) in [4.78, 5) is 4.16. The molecule has 0 aliphatic heterocycles. The monoisotopic (exact) mass is 312 g/mol. The fourth-order valence-electron chi connectivity index (χ4n) is 2.16. The van der Waals surface area contributed by atoms with Gasteiger partial charge in [0, 0.05) is 5.02 Å². The van der Waals surface area contributed by atoms with E-state index in [4.69, 9.17) is 23.2 Å². The number of aromatic nitrogens is 2. The Kier molecular flexibility index (Phi) is 3.36. The molecular formula is C14H8Cl2F2N2. The maximum Gasteiger partial charge on any atom is 0.151 e. The molecule has 0 aliphatic carbocycles. The van der Waals surface area contributed by atoms with E-state index in [0.717, 1.165) is 0 Å². The van der Waals surface area contributed by atoms with Gasteiger partial charge >= 0.3 is 0 Å². The molecule has 0 saturated carbocycles. The van der Waals surface area contributed by atoms with Gasteiger partial charge in [0.2, 0.25) is 0 Å². The van der Waals surface area contributed by atoms with E-state index in [9.17, 15) is 8.78 Å². The number of nitrogens with zero attached hydrogens (tertiary/aromatic N) is 2. The summed E-state index contributed by atoms with van der Waals surface area (Å²) in [5.41, 5.74) is 1.17. The number of imidazole rings is 1. The van der Waals surface area contributed by atoms with Crippen molar-refractivity contribution in [2.45, 2.75) is 5.88 Å². The Morgan fingerprint density at radius 3 is 2.65 bits per heavy atom. The van der Waals surface area contributed by atoms with Gasteiger partial charge < -0.3 is 0 Å². The van der Waals surface area contributed by atoms with Crippen LogP contribution in [0.15, 0.2) is 36.4 Å². The van der Waals surface area contributed by atoms with Crippen molar-refractivity contribution in [1.29, 1.82) is 0 Å². The molecule has 20 heavy (non-hydrogen) atoms. The van der Waals surface area contributed by atoms with Crippen LogP contribution in [-0.4, -0.2) is 9.55 Å². The van der Waals surface area contributed by atoms with Gasteiger partial charge in [0.05, 0.1) is 17.1 Å². The van der Waals surface area contributed by atoms with Gasteiger partial charge in [-0.25, -0.2) is 13.8 Å². The topological polar surface area (TPSA) is 17.8 Å². The second-order valence-electron chi connectivity index (χ2n) is 4.23. The molecule has 2 aromatic carbocycles. The Bertz CT molecular complexity index is 779. The second kappa shape index (κ2) is 5.04. The Morgan fingerprint density at radius 2 is 1.95 bits per heavy atom. The van der Waals surface area contributed by atoms with Crippen molar-refractivity contribution in [2.75, 3.05) is 0 Å². The lowest BCUT2D eigenvalue weighted by molar-refractivity contribution is 0.626. The third-order valence-electron chi connectivity index (χ3n) is 2.93. The molecule has 0 amide bonds. The summed E-state index contributed by atoms with van der Waals surface area (Å²) in [6.07, 6.45) is 0. The van der Waals surface area contributed by atoms with Crippen LogP contribution in [0.2, 0.25) is 5.02 Å². The van der Waals surface area contributed by atoms with E-state index in [0.29, 0.717) is 17.0 Å². The molecule has 102 valence electrons. The zero-order valence-electron chi connectivity index (χ0n) is 10.1. The second-order valence-corrected chi connectivity index (χ2v) is 4.94. The average Bonchev–Trinajstić information content (AvgIpc) is 2.77. The van der Waals surface area contributed by atoms with Crippen LogP contribution in [0.5, 0.6) is 0 Å². The van der Waals surface area contributed by atoms with E-state index in [1.54, 1.807) is 22.8 Å². The van der Waals surface area contributed by atoms with Crippen molar-refractivity contribution in [2.24, 2.45) is 0 Å². The van der Waals surface area contributed by atoms with Gasteiger partial charge in [0.25, 0.3) is 0 Å². The summed E-state index contributed by atoms with van der Waals surface area (Å²) < 4.78 is 28.9. The molecule has 0 bridgehead atoms. The van der Waals surface area contributed by atoms with E-state index >= 15 is 0 Å². The normalized spacial score (nSPS) is 11.2. The smallest absolute Gasteiger partial charge is 0.151 e. The first kappa shape index (κ1) is 13.3. The van der Waals surface area contributed by atoms with Crippen LogP contribution in [0.25, 0.3) is 16.7 Å². The molecule has 0 spiro atoms. The molecule has 1 aromatic heterocycles. The zero-order chi connectivity index (χ0) is 14.3. The van der Waals surface area contributed by atoms with Crippen LogP contribution in [0.1, 0.15) is 5.82 Å². The van der Waals surface area contributed by atoms with E-state index < -0.39 is 11.6 Å². The maximum atomic E-state index is 13.8. The fraction of sp³-hybridized carbons (Fsp3) is 0.0714. The highest BCUT2D eigenvalue weighted by Gasteiger charge is 2.15. The van der Waals surface area contributed by atoms with Gasteiger partial charge in [0.1, 0.15) is 17.2 Å². The number of fused-ring (bicyclic) bond motifs is 1. The predicted molar refractivity (Wildman–Crippen MR) is 75.6 cm³/mol. The first-order valence-corrected chi connectivity index (χ1v) is 6.69. The molecule has 0 N–H and O–H groups in total. The lowest BCUT2D eigenvalue weighted by atomic mass is 10.2. The lowest BCUT2D eigenvalue weighted by Gasteiger charge is -2.08. The van der Waals surface area contributed by atoms with Crippen molar-refractivity contribution in [3.63, 3.8) is 0 Å². The van der Waals surface area contributed by atoms with Crippen molar-refractivity contribution >= 4 is 34.2 Å².